The summed E-state index contributed by atoms with van der Waals surface area (Å²) in [4.78, 5) is 18.0. The van der Waals surface area contributed by atoms with Gasteiger partial charge in [0.25, 0.3) is 0 Å². The molecule has 3 heterocycles. The lowest BCUT2D eigenvalue weighted by Crippen LogP contribution is -2.58. The topological polar surface area (TPSA) is 56.7 Å². The highest BCUT2D eigenvalue weighted by Crippen LogP contribution is 2.26. The third kappa shape index (κ3) is 0.988. The fourth-order valence-electron chi connectivity index (χ4n) is 2.22. The van der Waals surface area contributed by atoms with Gasteiger partial charge in [-0.25, -0.2) is 0 Å². The molecule has 2 atom stereocenters. The molecular weight excluding hydrogens is 180 g/mol. The van der Waals surface area contributed by atoms with Crippen LogP contribution in [0.4, 0.5) is 0 Å². The molecule has 2 fully saturated rings. The number of nitrogens with zero attached hydrogens (tertiary/aromatic N) is 2. The first kappa shape index (κ1) is 7.99. The number of carbonyl (C=O) groups excluding carboxylic acids is 1. The van der Waals surface area contributed by atoms with Crippen LogP contribution in [0.5, 0.6) is 0 Å². The number of carbonyl (C=O) groups is 1. The monoisotopic (exact) mass is 192 g/mol. The van der Waals surface area contributed by atoms with Gasteiger partial charge in [-0.15, -0.1) is 0 Å². The number of rotatable bonds is 0. The van der Waals surface area contributed by atoms with Gasteiger partial charge in [-0.3, -0.25) is 15.1 Å². The zero-order valence-electron chi connectivity index (χ0n) is 7.73. The van der Waals surface area contributed by atoms with Crippen LogP contribution in [0.15, 0.2) is 16.8 Å². The Balaban J connectivity index is 1.98. The molecule has 0 aromatic heterocycles. The second-order valence-corrected chi connectivity index (χ2v) is 3.72. The molecule has 0 saturated carbocycles. The molecular formula is C9H12N4O. The van der Waals surface area contributed by atoms with Crippen LogP contribution >= 0.6 is 0 Å². The van der Waals surface area contributed by atoms with Crippen LogP contribution in [-0.4, -0.2) is 42.9 Å². The van der Waals surface area contributed by atoms with E-state index in [0.717, 1.165) is 18.8 Å². The second kappa shape index (κ2) is 2.81. The molecule has 3 aliphatic rings. The van der Waals surface area contributed by atoms with Gasteiger partial charge in [-0.2, -0.15) is 0 Å². The largest absolute Gasteiger partial charge is 0.340 e. The number of dihydropyridines is 1. The zero-order chi connectivity index (χ0) is 9.54. The standard InChI is InChI=1S/C9H12N4O/c14-8-6-5-10-2-1-7(6)13-4-3-11-9(13)12-8/h1-2,6,9,11H,3-5H2,(H,12,14). The lowest BCUT2D eigenvalue weighted by molar-refractivity contribution is -0.128. The van der Waals surface area contributed by atoms with Crippen molar-refractivity contribution in [1.82, 2.24) is 15.5 Å². The van der Waals surface area contributed by atoms with Gasteiger partial charge in [0.15, 0.2) is 6.29 Å². The predicted molar refractivity (Wildman–Crippen MR) is 51.6 cm³/mol. The average molecular weight is 192 g/mol. The van der Waals surface area contributed by atoms with Crippen molar-refractivity contribution in [3.63, 3.8) is 0 Å². The number of hydrogen-bond acceptors (Lipinski definition) is 4. The van der Waals surface area contributed by atoms with E-state index < -0.39 is 0 Å². The van der Waals surface area contributed by atoms with E-state index in [4.69, 9.17) is 0 Å². The van der Waals surface area contributed by atoms with Crippen LogP contribution in [-0.2, 0) is 4.79 Å². The predicted octanol–water partition coefficient (Wildman–Crippen LogP) is -1.11. The zero-order valence-corrected chi connectivity index (χ0v) is 7.73. The molecule has 0 spiro atoms. The summed E-state index contributed by atoms with van der Waals surface area (Å²) in [6, 6.07) is 0. The maximum absolute atomic E-state index is 11.7. The minimum Gasteiger partial charge on any atom is -0.340 e. The molecule has 2 saturated heterocycles. The first-order chi connectivity index (χ1) is 6.86. The number of aliphatic imine (C=N–C) groups is 1. The summed E-state index contributed by atoms with van der Waals surface area (Å²) in [7, 11) is 0. The number of hydrogen-bond donors (Lipinski definition) is 2. The number of nitrogens with one attached hydrogen (secondary N) is 2. The number of fused-ring (bicyclic) bond motifs is 3. The van der Waals surface area contributed by atoms with Crippen molar-refractivity contribution in [3.8, 4) is 0 Å². The molecule has 1 amide bonds. The molecule has 3 aliphatic heterocycles. The van der Waals surface area contributed by atoms with Gasteiger partial charge in [0.2, 0.25) is 5.91 Å². The molecule has 74 valence electrons. The van der Waals surface area contributed by atoms with Crippen molar-refractivity contribution < 1.29 is 4.79 Å². The Hall–Kier alpha value is -1.36. The molecule has 2 unspecified atom stereocenters. The average Bonchev–Trinajstić information content (AvgIpc) is 2.66. The Labute approximate surface area is 81.9 Å². The van der Waals surface area contributed by atoms with Crippen LogP contribution < -0.4 is 10.6 Å². The van der Waals surface area contributed by atoms with Gasteiger partial charge in [-0.1, -0.05) is 0 Å². The van der Waals surface area contributed by atoms with Crippen LogP contribution in [0, 0.1) is 5.92 Å². The lowest BCUT2D eigenvalue weighted by Gasteiger charge is -2.38. The Morgan fingerprint density at radius 2 is 2.50 bits per heavy atom. The lowest BCUT2D eigenvalue weighted by atomic mass is 9.99. The van der Waals surface area contributed by atoms with Gasteiger partial charge in [0.1, 0.15) is 0 Å². The summed E-state index contributed by atoms with van der Waals surface area (Å²) in [5.74, 6) is 0.0138. The van der Waals surface area contributed by atoms with Crippen molar-refractivity contribution in [1.29, 1.82) is 0 Å². The maximum atomic E-state index is 11.7. The van der Waals surface area contributed by atoms with Gasteiger partial charge in [0.05, 0.1) is 12.5 Å². The fourth-order valence-corrected chi connectivity index (χ4v) is 2.22. The quantitative estimate of drug-likeness (QED) is 0.511. The first-order valence-corrected chi connectivity index (χ1v) is 4.87. The molecule has 0 radical (unpaired) electrons. The van der Waals surface area contributed by atoms with Gasteiger partial charge >= 0.3 is 0 Å². The first-order valence-electron chi connectivity index (χ1n) is 4.87. The van der Waals surface area contributed by atoms with Gasteiger partial charge in [0, 0.05) is 25.0 Å². The summed E-state index contributed by atoms with van der Waals surface area (Å²) >= 11 is 0. The molecule has 0 bridgehead atoms. The third-order valence-corrected chi connectivity index (χ3v) is 2.92. The maximum Gasteiger partial charge on any atom is 0.233 e. The van der Waals surface area contributed by atoms with Crippen LogP contribution in [0.2, 0.25) is 0 Å². The molecule has 5 nitrogen and oxygen atoms in total. The second-order valence-electron chi connectivity index (χ2n) is 3.72. The van der Waals surface area contributed by atoms with E-state index in [2.05, 4.69) is 20.5 Å². The molecule has 5 heteroatoms. The van der Waals surface area contributed by atoms with Gasteiger partial charge in [-0.05, 0) is 6.08 Å². The number of amides is 1. The van der Waals surface area contributed by atoms with E-state index in [1.165, 1.54) is 0 Å². The Morgan fingerprint density at radius 1 is 1.57 bits per heavy atom. The summed E-state index contributed by atoms with van der Waals surface area (Å²) in [6.07, 6.45) is 3.74. The highest BCUT2D eigenvalue weighted by Gasteiger charge is 2.39. The molecule has 0 aromatic carbocycles. The summed E-state index contributed by atoms with van der Waals surface area (Å²) in [5.41, 5.74) is 1.11. The van der Waals surface area contributed by atoms with Crippen molar-refractivity contribution in [2.45, 2.75) is 6.29 Å². The van der Waals surface area contributed by atoms with E-state index >= 15 is 0 Å². The van der Waals surface area contributed by atoms with Crippen molar-refractivity contribution in [2.24, 2.45) is 10.9 Å². The van der Waals surface area contributed by atoms with Crippen molar-refractivity contribution >= 4 is 12.1 Å². The summed E-state index contributed by atoms with van der Waals surface area (Å²) in [5, 5.41) is 6.17. The van der Waals surface area contributed by atoms with E-state index in [-0.39, 0.29) is 18.1 Å². The molecule has 2 N–H and O–H groups in total. The minimum absolute atomic E-state index is 0.00324. The molecule has 14 heavy (non-hydrogen) atoms. The van der Waals surface area contributed by atoms with Crippen LogP contribution in [0.3, 0.4) is 0 Å². The molecule has 0 aliphatic carbocycles. The summed E-state index contributed by atoms with van der Waals surface area (Å²) in [6.45, 7) is 2.47. The SMILES string of the molecule is O=C1NC2NCCN2C2=CC=NCC12. The van der Waals surface area contributed by atoms with E-state index in [0.29, 0.717) is 6.54 Å². The highest BCUT2D eigenvalue weighted by atomic mass is 16.2. The molecule has 3 rings (SSSR count). The summed E-state index contributed by atoms with van der Waals surface area (Å²) < 4.78 is 0. The van der Waals surface area contributed by atoms with E-state index in [1.54, 1.807) is 6.21 Å². The van der Waals surface area contributed by atoms with E-state index in [1.807, 2.05) is 6.08 Å². The van der Waals surface area contributed by atoms with E-state index in [9.17, 15) is 4.79 Å². The Bertz CT molecular complexity index is 336. The van der Waals surface area contributed by atoms with Crippen LogP contribution in [0.1, 0.15) is 0 Å². The molecule has 0 aromatic rings. The third-order valence-electron chi connectivity index (χ3n) is 2.92. The van der Waals surface area contributed by atoms with Gasteiger partial charge < -0.3 is 10.2 Å². The minimum atomic E-state index is -0.0730. The Morgan fingerprint density at radius 3 is 3.43 bits per heavy atom. The Kier molecular flexibility index (Phi) is 1.61. The van der Waals surface area contributed by atoms with Crippen LogP contribution in [0.25, 0.3) is 0 Å². The van der Waals surface area contributed by atoms with Crippen molar-refractivity contribution in [3.05, 3.63) is 11.8 Å². The number of allylic oxidation sites excluding steroid dienone is 1. The normalized spacial score (nSPS) is 34.7. The highest BCUT2D eigenvalue weighted by molar-refractivity contribution is 5.87. The fraction of sp³-hybridized carbons (Fsp3) is 0.556. The van der Waals surface area contributed by atoms with Crippen molar-refractivity contribution in [2.75, 3.05) is 19.6 Å². The smallest absolute Gasteiger partial charge is 0.233 e.